The average molecular weight is 480 g/mol. The third-order valence-corrected chi connectivity index (χ3v) is 5.84. The number of rotatable bonds is 7. The van der Waals surface area contributed by atoms with Gasteiger partial charge in [-0.25, -0.2) is 4.79 Å². The first-order valence-electron chi connectivity index (χ1n) is 11.1. The van der Waals surface area contributed by atoms with E-state index in [0.717, 1.165) is 22.8 Å². The van der Waals surface area contributed by atoms with Gasteiger partial charge in [0.15, 0.2) is 17.3 Å². The second-order valence-corrected chi connectivity index (χ2v) is 7.82. The van der Waals surface area contributed by atoms with Gasteiger partial charge in [-0.15, -0.1) is 10.2 Å². The van der Waals surface area contributed by atoms with Crippen LogP contribution in [0.25, 0.3) is 11.3 Å². The molecule has 10 heteroatoms. The van der Waals surface area contributed by atoms with E-state index in [1.54, 1.807) is 33.3 Å². The van der Waals surface area contributed by atoms with Gasteiger partial charge in [0.25, 0.3) is 0 Å². The minimum Gasteiger partial charge on any atom is -0.497 e. The number of aromatic nitrogens is 2. The third-order valence-electron chi connectivity index (χ3n) is 5.84. The monoisotopic (exact) mass is 479 g/mol. The third kappa shape index (κ3) is 5.32. The Labute approximate surface area is 204 Å². The SMILES string of the molecule is COc1ccc(NC(=O)N2CCN(c3ccc(-c4cc(OC)c(OC)c(OC)c4)nn3)CC2)cc1. The molecule has 1 N–H and O–H groups in total. The molecular formula is C25H29N5O5. The van der Waals surface area contributed by atoms with Crippen molar-refractivity contribution in [2.24, 2.45) is 0 Å². The molecule has 3 aromatic rings. The lowest BCUT2D eigenvalue weighted by Crippen LogP contribution is -2.50. The predicted octanol–water partition coefficient (Wildman–Crippen LogP) is 3.53. The fraction of sp³-hybridized carbons (Fsp3) is 0.320. The first kappa shape index (κ1) is 23.9. The van der Waals surface area contributed by atoms with Gasteiger partial charge < -0.3 is 34.1 Å². The average Bonchev–Trinajstić information content (AvgIpc) is 2.92. The molecular weight excluding hydrogens is 450 g/mol. The Morgan fingerprint density at radius 1 is 0.800 bits per heavy atom. The van der Waals surface area contributed by atoms with Gasteiger partial charge in [-0.05, 0) is 48.5 Å². The van der Waals surface area contributed by atoms with Crippen LogP contribution >= 0.6 is 0 Å². The number of amides is 2. The van der Waals surface area contributed by atoms with E-state index in [4.69, 9.17) is 18.9 Å². The van der Waals surface area contributed by atoms with Crippen molar-refractivity contribution in [3.05, 3.63) is 48.5 Å². The standard InChI is InChI=1S/C25H29N5O5/c1-32-19-7-5-18(6-8-19)26-25(31)30-13-11-29(12-14-30)23-10-9-20(27-28-23)17-15-21(33-2)24(35-4)22(16-17)34-3/h5-10,15-16H,11-14H2,1-4H3,(H,26,31). The van der Waals surface area contributed by atoms with E-state index < -0.39 is 0 Å². The smallest absolute Gasteiger partial charge is 0.321 e. The molecule has 0 saturated carbocycles. The molecule has 184 valence electrons. The van der Waals surface area contributed by atoms with E-state index in [-0.39, 0.29) is 6.03 Å². The molecule has 0 bridgehead atoms. The fourth-order valence-corrected chi connectivity index (χ4v) is 3.89. The Kier molecular flexibility index (Phi) is 7.39. The summed E-state index contributed by atoms with van der Waals surface area (Å²) in [6.07, 6.45) is 0. The van der Waals surface area contributed by atoms with Crippen LogP contribution in [0.5, 0.6) is 23.0 Å². The van der Waals surface area contributed by atoms with Crippen LogP contribution in [0.15, 0.2) is 48.5 Å². The van der Waals surface area contributed by atoms with Crippen molar-refractivity contribution < 1.29 is 23.7 Å². The number of carbonyl (C=O) groups is 1. The lowest BCUT2D eigenvalue weighted by atomic mass is 10.1. The number of nitrogens with zero attached hydrogens (tertiary/aromatic N) is 4. The largest absolute Gasteiger partial charge is 0.497 e. The summed E-state index contributed by atoms with van der Waals surface area (Å²) in [6, 6.07) is 14.7. The lowest BCUT2D eigenvalue weighted by molar-refractivity contribution is 0.208. The van der Waals surface area contributed by atoms with Gasteiger partial charge in [-0.2, -0.15) is 0 Å². The highest BCUT2D eigenvalue weighted by molar-refractivity contribution is 5.89. The van der Waals surface area contributed by atoms with Gasteiger partial charge in [-0.3, -0.25) is 0 Å². The number of carbonyl (C=O) groups excluding carboxylic acids is 1. The molecule has 0 aliphatic carbocycles. The van der Waals surface area contributed by atoms with Gasteiger partial charge in [0.2, 0.25) is 5.75 Å². The highest BCUT2D eigenvalue weighted by Crippen LogP contribution is 2.40. The zero-order chi connectivity index (χ0) is 24.8. The number of piperazine rings is 1. The van der Waals surface area contributed by atoms with Crippen LogP contribution in [-0.2, 0) is 0 Å². The predicted molar refractivity (Wildman–Crippen MR) is 133 cm³/mol. The Morgan fingerprint density at radius 3 is 1.97 bits per heavy atom. The second kappa shape index (κ2) is 10.8. The van der Waals surface area contributed by atoms with Crippen molar-refractivity contribution in [2.75, 3.05) is 64.8 Å². The molecule has 1 aliphatic heterocycles. The van der Waals surface area contributed by atoms with Crippen molar-refractivity contribution in [3.63, 3.8) is 0 Å². The number of ether oxygens (including phenoxy) is 4. The molecule has 0 radical (unpaired) electrons. The van der Waals surface area contributed by atoms with E-state index in [1.807, 2.05) is 48.5 Å². The molecule has 0 unspecified atom stereocenters. The first-order chi connectivity index (χ1) is 17.1. The van der Waals surface area contributed by atoms with Gasteiger partial charge >= 0.3 is 6.03 Å². The Hall–Kier alpha value is -4.21. The zero-order valence-electron chi connectivity index (χ0n) is 20.3. The minimum absolute atomic E-state index is 0.126. The molecule has 1 saturated heterocycles. The highest BCUT2D eigenvalue weighted by atomic mass is 16.5. The maximum absolute atomic E-state index is 12.6. The van der Waals surface area contributed by atoms with E-state index in [9.17, 15) is 4.79 Å². The van der Waals surface area contributed by atoms with Crippen LogP contribution in [0.1, 0.15) is 0 Å². The molecule has 1 aromatic heterocycles. The van der Waals surface area contributed by atoms with Crippen LogP contribution in [0.3, 0.4) is 0 Å². The number of nitrogens with one attached hydrogen (secondary N) is 1. The molecule has 2 amide bonds. The van der Waals surface area contributed by atoms with Gasteiger partial charge in [-0.1, -0.05) is 0 Å². The zero-order valence-corrected chi connectivity index (χ0v) is 20.3. The Bertz CT molecular complexity index is 1120. The van der Waals surface area contributed by atoms with Crippen LogP contribution in [0, 0.1) is 0 Å². The maximum atomic E-state index is 12.6. The fourth-order valence-electron chi connectivity index (χ4n) is 3.89. The summed E-state index contributed by atoms with van der Waals surface area (Å²) >= 11 is 0. The van der Waals surface area contributed by atoms with E-state index >= 15 is 0 Å². The summed E-state index contributed by atoms with van der Waals surface area (Å²) < 4.78 is 21.4. The Balaban J connectivity index is 1.38. The Morgan fingerprint density at radius 2 is 1.46 bits per heavy atom. The molecule has 2 aromatic carbocycles. The molecule has 2 heterocycles. The van der Waals surface area contributed by atoms with Crippen molar-refractivity contribution in [1.82, 2.24) is 15.1 Å². The number of methoxy groups -OCH3 is 4. The summed E-state index contributed by atoms with van der Waals surface area (Å²) in [5.41, 5.74) is 2.22. The maximum Gasteiger partial charge on any atom is 0.321 e. The number of urea groups is 1. The van der Waals surface area contributed by atoms with Gasteiger partial charge in [0.05, 0.1) is 34.1 Å². The van der Waals surface area contributed by atoms with Crippen LogP contribution < -0.4 is 29.2 Å². The molecule has 1 fully saturated rings. The number of anilines is 2. The second-order valence-electron chi connectivity index (χ2n) is 7.82. The normalized spacial score (nSPS) is 13.3. The minimum atomic E-state index is -0.126. The van der Waals surface area contributed by atoms with Crippen molar-refractivity contribution in [1.29, 1.82) is 0 Å². The molecule has 0 atom stereocenters. The van der Waals surface area contributed by atoms with Crippen LogP contribution in [-0.4, -0.2) is 75.7 Å². The van der Waals surface area contributed by atoms with Crippen molar-refractivity contribution in [3.8, 4) is 34.3 Å². The molecule has 4 rings (SSSR count). The van der Waals surface area contributed by atoms with Gasteiger partial charge in [0.1, 0.15) is 5.75 Å². The number of benzene rings is 2. The first-order valence-corrected chi connectivity index (χ1v) is 11.1. The highest BCUT2D eigenvalue weighted by Gasteiger charge is 2.22. The molecule has 35 heavy (non-hydrogen) atoms. The molecule has 10 nitrogen and oxygen atoms in total. The number of hydrogen-bond donors (Lipinski definition) is 1. The lowest BCUT2D eigenvalue weighted by Gasteiger charge is -2.35. The summed E-state index contributed by atoms with van der Waals surface area (Å²) in [6.45, 7) is 2.49. The molecule has 1 aliphatic rings. The summed E-state index contributed by atoms with van der Waals surface area (Å²) in [5, 5.41) is 11.8. The quantitative estimate of drug-likeness (QED) is 0.550. The summed E-state index contributed by atoms with van der Waals surface area (Å²) in [5.74, 6) is 3.14. The van der Waals surface area contributed by atoms with E-state index in [1.165, 1.54) is 0 Å². The summed E-state index contributed by atoms with van der Waals surface area (Å²) in [7, 11) is 6.33. The van der Waals surface area contributed by atoms with Crippen LogP contribution in [0.4, 0.5) is 16.3 Å². The summed E-state index contributed by atoms with van der Waals surface area (Å²) in [4.78, 5) is 16.5. The molecule has 0 spiro atoms. The van der Waals surface area contributed by atoms with Crippen molar-refractivity contribution >= 4 is 17.5 Å². The van der Waals surface area contributed by atoms with Gasteiger partial charge in [0, 0.05) is 37.4 Å². The number of hydrogen-bond acceptors (Lipinski definition) is 8. The van der Waals surface area contributed by atoms with Crippen molar-refractivity contribution in [2.45, 2.75) is 0 Å². The van der Waals surface area contributed by atoms with E-state index in [0.29, 0.717) is 49.1 Å². The van der Waals surface area contributed by atoms with E-state index in [2.05, 4.69) is 20.4 Å². The topological polar surface area (TPSA) is 98.3 Å². The van der Waals surface area contributed by atoms with Crippen LogP contribution in [0.2, 0.25) is 0 Å².